The van der Waals surface area contributed by atoms with Gasteiger partial charge in [-0.2, -0.15) is 0 Å². The normalized spacial score (nSPS) is 10.8. The lowest BCUT2D eigenvalue weighted by Crippen LogP contribution is -2.12. The van der Waals surface area contributed by atoms with Gasteiger partial charge in [-0.25, -0.2) is 0 Å². The van der Waals surface area contributed by atoms with Gasteiger partial charge in [0.05, 0.1) is 25.9 Å². The Labute approximate surface area is 122 Å². The molecule has 0 spiro atoms. The van der Waals surface area contributed by atoms with Crippen LogP contribution in [-0.2, 0) is 6.54 Å². The van der Waals surface area contributed by atoms with Crippen LogP contribution in [0.4, 0.5) is 0 Å². The number of hydrogen-bond acceptors (Lipinski definition) is 6. The van der Waals surface area contributed by atoms with E-state index in [0.29, 0.717) is 12.3 Å². The highest BCUT2D eigenvalue weighted by atomic mass is 32.2. The predicted molar refractivity (Wildman–Crippen MR) is 78.5 cm³/mol. The number of ether oxygens (including phenoxy) is 1. The number of thioether (sulfide) groups is 1. The van der Waals surface area contributed by atoms with Gasteiger partial charge in [-0.15, -0.1) is 10.2 Å². The second kappa shape index (κ2) is 7.28. The van der Waals surface area contributed by atoms with Gasteiger partial charge in [-0.3, -0.25) is 4.57 Å². The third-order valence-corrected chi connectivity index (χ3v) is 3.58. The second-order valence-corrected chi connectivity index (χ2v) is 5.10. The summed E-state index contributed by atoms with van der Waals surface area (Å²) in [4.78, 5) is 0. The highest BCUT2D eigenvalue weighted by Gasteiger charge is 2.14. The van der Waals surface area contributed by atoms with E-state index in [9.17, 15) is 0 Å². The Hall–Kier alpha value is -1.57. The molecule has 0 radical (unpaired) electrons. The number of methoxy groups -OCH3 is 1. The maximum Gasteiger partial charge on any atom is 0.195 e. The van der Waals surface area contributed by atoms with Gasteiger partial charge in [-0.05, 0) is 19.2 Å². The minimum Gasteiger partial charge on any atom is -0.497 e. The van der Waals surface area contributed by atoms with Crippen LogP contribution in [0.2, 0.25) is 0 Å². The molecule has 1 aromatic carbocycles. The Kier molecular flexibility index (Phi) is 5.40. The molecule has 2 rings (SSSR count). The minimum absolute atomic E-state index is 0.108. The van der Waals surface area contributed by atoms with Gasteiger partial charge in [0.1, 0.15) is 5.75 Å². The molecular formula is C13H18N4O2S. The van der Waals surface area contributed by atoms with Gasteiger partial charge >= 0.3 is 0 Å². The van der Waals surface area contributed by atoms with E-state index in [0.717, 1.165) is 22.4 Å². The summed E-state index contributed by atoms with van der Waals surface area (Å²) in [6.45, 7) is 0.723. The molecule has 0 fully saturated rings. The summed E-state index contributed by atoms with van der Waals surface area (Å²) in [5.41, 5.74) is 0.944. The Morgan fingerprint density at radius 2 is 2.25 bits per heavy atom. The molecule has 0 aliphatic rings. The molecule has 1 heterocycles. The van der Waals surface area contributed by atoms with E-state index in [-0.39, 0.29) is 6.61 Å². The van der Waals surface area contributed by atoms with E-state index in [4.69, 9.17) is 9.84 Å². The molecule has 0 aliphatic heterocycles. The van der Waals surface area contributed by atoms with Crippen molar-refractivity contribution >= 4 is 11.8 Å². The standard InChI is InChI=1S/C13H18N4O2S/c1-14-9-12-15-16-13(20-7-6-18)17(12)10-4-3-5-11(8-10)19-2/h3-5,8,14,18H,6-7,9H2,1-2H3. The molecule has 0 saturated heterocycles. The number of aliphatic hydroxyl groups excluding tert-OH is 1. The van der Waals surface area contributed by atoms with Crippen LogP contribution in [0.1, 0.15) is 5.82 Å². The monoisotopic (exact) mass is 294 g/mol. The number of nitrogens with one attached hydrogen (secondary N) is 1. The molecule has 20 heavy (non-hydrogen) atoms. The molecule has 0 unspecified atom stereocenters. The Morgan fingerprint density at radius 1 is 1.40 bits per heavy atom. The van der Waals surface area contributed by atoms with Gasteiger partial charge in [0.15, 0.2) is 11.0 Å². The zero-order valence-corrected chi connectivity index (χ0v) is 12.4. The highest BCUT2D eigenvalue weighted by molar-refractivity contribution is 7.99. The number of benzene rings is 1. The summed E-state index contributed by atoms with van der Waals surface area (Å²) < 4.78 is 7.23. The number of nitrogens with zero attached hydrogens (tertiary/aromatic N) is 3. The lowest BCUT2D eigenvalue weighted by atomic mass is 10.3. The van der Waals surface area contributed by atoms with Crippen LogP contribution in [0.3, 0.4) is 0 Å². The topological polar surface area (TPSA) is 72.2 Å². The highest BCUT2D eigenvalue weighted by Crippen LogP contribution is 2.24. The average molecular weight is 294 g/mol. The Morgan fingerprint density at radius 3 is 2.95 bits per heavy atom. The van der Waals surface area contributed by atoms with Crippen LogP contribution < -0.4 is 10.1 Å². The lowest BCUT2D eigenvalue weighted by Gasteiger charge is -2.11. The van der Waals surface area contributed by atoms with E-state index in [2.05, 4.69) is 15.5 Å². The fraction of sp³-hybridized carbons (Fsp3) is 0.385. The average Bonchev–Trinajstić information content (AvgIpc) is 2.88. The zero-order valence-electron chi connectivity index (χ0n) is 11.5. The van der Waals surface area contributed by atoms with Crippen molar-refractivity contribution in [3.8, 4) is 11.4 Å². The van der Waals surface area contributed by atoms with Crippen molar-refractivity contribution in [2.24, 2.45) is 0 Å². The van der Waals surface area contributed by atoms with E-state index < -0.39 is 0 Å². The molecule has 0 aliphatic carbocycles. The molecule has 108 valence electrons. The third kappa shape index (κ3) is 3.30. The quantitative estimate of drug-likeness (QED) is 0.745. The summed E-state index contributed by atoms with van der Waals surface area (Å²) >= 11 is 1.47. The molecule has 1 aromatic heterocycles. The minimum atomic E-state index is 0.108. The number of aliphatic hydroxyl groups is 1. The van der Waals surface area contributed by atoms with Crippen molar-refractivity contribution in [2.45, 2.75) is 11.7 Å². The first-order valence-corrected chi connectivity index (χ1v) is 7.25. The predicted octanol–water partition coefficient (Wildman–Crippen LogP) is 1.08. The van der Waals surface area contributed by atoms with Gasteiger partial charge in [0.2, 0.25) is 0 Å². The van der Waals surface area contributed by atoms with E-state index in [1.165, 1.54) is 11.8 Å². The molecule has 0 atom stereocenters. The van der Waals surface area contributed by atoms with E-state index >= 15 is 0 Å². The number of aromatic nitrogens is 3. The molecule has 2 aromatic rings. The van der Waals surface area contributed by atoms with Crippen LogP contribution in [0.5, 0.6) is 5.75 Å². The zero-order chi connectivity index (χ0) is 14.4. The van der Waals surface area contributed by atoms with Crippen molar-refractivity contribution < 1.29 is 9.84 Å². The summed E-state index contributed by atoms with van der Waals surface area (Å²) in [6.07, 6.45) is 0. The fourth-order valence-corrected chi connectivity index (χ4v) is 2.52. The summed E-state index contributed by atoms with van der Waals surface area (Å²) in [5.74, 6) is 2.19. The molecule has 7 heteroatoms. The van der Waals surface area contributed by atoms with Crippen molar-refractivity contribution in [3.05, 3.63) is 30.1 Å². The summed E-state index contributed by atoms with van der Waals surface area (Å²) in [6, 6.07) is 7.74. The number of rotatable bonds is 7. The first kappa shape index (κ1) is 14.8. The van der Waals surface area contributed by atoms with Crippen molar-refractivity contribution in [2.75, 3.05) is 26.5 Å². The van der Waals surface area contributed by atoms with E-state index in [1.54, 1.807) is 7.11 Å². The Bertz CT molecular complexity index is 559. The second-order valence-electron chi connectivity index (χ2n) is 4.04. The third-order valence-electron chi connectivity index (χ3n) is 2.67. The van der Waals surface area contributed by atoms with Crippen molar-refractivity contribution in [1.29, 1.82) is 0 Å². The maximum absolute atomic E-state index is 8.97. The van der Waals surface area contributed by atoms with Crippen molar-refractivity contribution in [3.63, 3.8) is 0 Å². The van der Waals surface area contributed by atoms with Crippen LogP contribution in [0.15, 0.2) is 29.4 Å². The molecule has 0 saturated carbocycles. The first-order valence-electron chi connectivity index (χ1n) is 6.27. The van der Waals surface area contributed by atoms with Crippen LogP contribution in [-0.4, -0.2) is 46.4 Å². The molecule has 6 nitrogen and oxygen atoms in total. The van der Waals surface area contributed by atoms with E-state index in [1.807, 2.05) is 35.9 Å². The van der Waals surface area contributed by atoms with Crippen LogP contribution in [0.25, 0.3) is 5.69 Å². The fourth-order valence-electron chi connectivity index (χ4n) is 1.81. The van der Waals surface area contributed by atoms with Crippen molar-refractivity contribution in [1.82, 2.24) is 20.1 Å². The smallest absolute Gasteiger partial charge is 0.195 e. The largest absolute Gasteiger partial charge is 0.497 e. The molecular weight excluding hydrogens is 276 g/mol. The van der Waals surface area contributed by atoms with Gasteiger partial charge in [0.25, 0.3) is 0 Å². The first-order chi connectivity index (χ1) is 9.80. The van der Waals surface area contributed by atoms with Crippen LogP contribution in [0, 0.1) is 0 Å². The molecule has 0 amide bonds. The van der Waals surface area contributed by atoms with Crippen LogP contribution >= 0.6 is 11.8 Å². The maximum atomic E-state index is 8.97. The van der Waals surface area contributed by atoms with Gasteiger partial charge < -0.3 is 15.2 Å². The Balaban J connectivity index is 2.41. The van der Waals surface area contributed by atoms with Gasteiger partial charge in [0, 0.05) is 11.8 Å². The summed E-state index contributed by atoms with van der Waals surface area (Å²) in [5, 5.41) is 21.2. The number of hydrogen-bond donors (Lipinski definition) is 2. The SMILES string of the molecule is CNCc1nnc(SCCO)n1-c1cccc(OC)c1. The lowest BCUT2D eigenvalue weighted by molar-refractivity contribution is 0.322. The summed E-state index contributed by atoms with van der Waals surface area (Å²) in [7, 11) is 3.51. The molecule has 0 bridgehead atoms. The van der Waals surface area contributed by atoms with Gasteiger partial charge in [-0.1, -0.05) is 17.8 Å². The molecule has 2 N–H and O–H groups in total.